The predicted octanol–water partition coefficient (Wildman–Crippen LogP) is 3.41. The van der Waals surface area contributed by atoms with Gasteiger partial charge >= 0.3 is 5.97 Å². The van der Waals surface area contributed by atoms with E-state index < -0.39 is 29.2 Å². The fraction of sp³-hybridized carbons (Fsp3) is 0.348. The Hall–Kier alpha value is -3.22. The van der Waals surface area contributed by atoms with Crippen molar-refractivity contribution in [1.82, 2.24) is 5.32 Å². The number of rotatable bonds is 4. The van der Waals surface area contributed by atoms with Gasteiger partial charge in [-0.25, -0.2) is 9.18 Å². The molecule has 0 aliphatic carbocycles. The lowest BCUT2D eigenvalue weighted by Gasteiger charge is -2.33. The highest BCUT2D eigenvalue weighted by molar-refractivity contribution is 6.21. The van der Waals surface area contributed by atoms with E-state index >= 15 is 0 Å². The third-order valence-corrected chi connectivity index (χ3v) is 5.53. The highest BCUT2D eigenvalue weighted by atomic mass is 19.1. The summed E-state index contributed by atoms with van der Waals surface area (Å²) in [5, 5.41) is 2.78. The molecule has 2 aromatic rings. The Labute approximate surface area is 175 Å². The fourth-order valence-electron chi connectivity index (χ4n) is 3.19. The van der Waals surface area contributed by atoms with Crippen LogP contribution in [-0.4, -0.2) is 30.9 Å². The van der Waals surface area contributed by atoms with Gasteiger partial charge in [0.05, 0.1) is 11.3 Å². The summed E-state index contributed by atoms with van der Waals surface area (Å²) in [6.07, 6.45) is 0. The van der Waals surface area contributed by atoms with Crippen molar-refractivity contribution >= 4 is 23.5 Å². The standard InChI is InChI=1S/C23H25FN2O4/c1-14(22(2,3)4)25-20(28)23(30-19(27)15-9-7-6-8-10-15)17-13-16(24)11-12-18(17)26(5)21(23)29/h6-14H,1-5H3,(H,25,28). The molecule has 0 saturated carbocycles. The van der Waals surface area contributed by atoms with Crippen LogP contribution in [0.2, 0.25) is 0 Å². The van der Waals surface area contributed by atoms with Crippen LogP contribution < -0.4 is 10.2 Å². The number of carbonyl (C=O) groups excluding carboxylic acids is 3. The lowest BCUT2D eigenvalue weighted by Crippen LogP contribution is -2.57. The molecule has 1 N–H and O–H groups in total. The van der Waals surface area contributed by atoms with Crippen LogP contribution in [0.1, 0.15) is 43.6 Å². The highest BCUT2D eigenvalue weighted by Gasteiger charge is 2.60. The number of ether oxygens (including phenoxy) is 1. The molecule has 0 saturated heterocycles. The molecule has 0 fully saturated rings. The monoisotopic (exact) mass is 412 g/mol. The van der Waals surface area contributed by atoms with Crippen molar-refractivity contribution in [1.29, 1.82) is 0 Å². The molecule has 1 aliphatic rings. The number of amides is 2. The second kappa shape index (κ2) is 7.55. The number of fused-ring (bicyclic) bond motifs is 1. The predicted molar refractivity (Wildman–Crippen MR) is 110 cm³/mol. The van der Waals surface area contributed by atoms with Crippen molar-refractivity contribution in [2.75, 3.05) is 11.9 Å². The zero-order valence-corrected chi connectivity index (χ0v) is 17.7. The van der Waals surface area contributed by atoms with Gasteiger partial charge in [0.1, 0.15) is 5.82 Å². The van der Waals surface area contributed by atoms with Crippen LogP contribution in [0, 0.1) is 11.2 Å². The first-order chi connectivity index (χ1) is 14.0. The third-order valence-electron chi connectivity index (χ3n) is 5.53. The summed E-state index contributed by atoms with van der Waals surface area (Å²) < 4.78 is 19.7. The van der Waals surface area contributed by atoms with E-state index in [4.69, 9.17) is 4.74 Å². The zero-order chi connectivity index (χ0) is 22.3. The van der Waals surface area contributed by atoms with E-state index in [1.807, 2.05) is 20.8 Å². The van der Waals surface area contributed by atoms with Crippen molar-refractivity contribution in [3.63, 3.8) is 0 Å². The number of hydrogen-bond acceptors (Lipinski definition) is 4. The van der Waals surface area contributed by atoms with Crippen molar-refractivity contribution in [3.8, 4) is 0 Å². The Bertz CT molecular complexity index is 1000. The van der Waals surface area contributed by atoms with E-state index in [2.05, 4.69) is 5.32 Å². The molecule has 2 amide bonds. The van der Waals surface area contributed by atoms with Gasteiger partial charge < -0.3 is 15.0 Å². The molecular formula is C23H25FN2O4. The maximum atomic E-state index is 14.1. The normalized spacial score (nSPS) is 19.3. The van der Waals surface area contributed by atoms with Gasteiger partial charge in [0, 0.05) is 18.7 Å². The summed E-state index contributed by atoms with van der Waals surface area (Å²) in [4.78, 5) is 40.8. The van der Waals surface area contributed by atoms with Gasteiger partial charge in [0.25, 0.3) is 17.4 Å². The second-order valence-electron chi connectivity index (χ2n) is 8.52. The minimum atomic E-state index is -2.32. The first-order valence-corrected chi connectivity index (χ1v) is 9.66. The maximum Gasteiger partial charge on any atom is 0.340 e. The van der Waals surface area contributed by atoms with Crippen LogP contribution in [0.15, 0.2) is 48.5 Å². The maximum absolute atomic E-state index is 14.1. The number of halogens is 1. The summed E-state index contributed by atoms with van der Waals surface area (Å²) >= 11 is 0. The van der Waals surface area contributed by atoms with Crippen LogP contribution in [0.3, 0.4) is 0 Å². The average molecular weight is 412 g/mol. The van der Waals surface area contributed by atoms with Gasteiger partial charge in [-0.1, -0.05) is 39.0 Å². The molecule has 2 unspecified atom stereocenters. The molecule has 0 aromatic heterocycles. The van der Waals surface area contributed by atoms with E-state index in [1.54, 1.807) is 25.1 Å². The summed E-state index contributed by atoms with van der Waals surface area (Å²) in [5.41, 5.74) is -2.16. The van der Waals surface area contributed by atoms with Crippen molar-refractivity contribution in [3.05, 3.63) is 65.5 Å². The number of benzene rings is 2. The number of carbonyl (C=O) groups is 3. The van der Waals surface area contributed by atoms with Gasteiger partial charge in [0.15, 0.2) is 0 Å². The fourth-order valence-corrected chi connectivity index (χ4v) is 3.19. The molecule has 1 heterocycles. The Kier molecular flexibility index (Phi) is 5.41. The topological polar surface area (TPSA) is 75.7 Å². The van der Waals surface area contributed by atoms with Crippen LogP contribution in [0.4, 0.5) is 10.1 Å². The number of likely N-dealkylation sites (N-methyl/N-ethyl adjacent to an activating group) is 1. The zero-order valence-electron chi connectivity index (χ0n) is 17.7. The molecular weight excluding hydrogens is 387 g/mol. The Morgan fingerprint density at radius 3 is 2.37 bits per heavy atom. The molecule has 2 atom stereocenters. The van der Waals surface area contributed by atoms with Gasteiger partial charge in [-0.15, -0.1) is 0 Å². The summed E-state index contributed by atoms with van der Waals surface area (Å²) in [6, 6.07) is 11.3. The molecule has 0 spiro atoms. The van der Waals surface area contributed by atoms with E-state index in [-0.39, 0.29) is 22.6 Å². The number of nitrogens with zero attached hydrogens (tertiary/aromatic N) is 1. The summed E-state index contributed by atoms with van der Waals surface area (Å²) in [5.74, 6) is -3.07. The van der Waals surface area contributed by atoms with E-state index in [0.717, 1.165) is 6.07 Å². The van der Waals surface area contributed by atoms with Crippen molar-refractivity contribution < 1.29 is 23.5 Å². The van der Waals surface area contributed by atoms with Crippen LogP contribution in [-0.2, 0) is 19.9 Å². The molecule has 6 nitrogen and oxygen atoms in total. The Balaban J connectivity index is 2.13. The van der Waals surface area contributed by atoms with Gasteiger partial charge in [-0.2, -0.15) is 0 Å². The van der Waals surface area contributed by atoms with Crippen molar-refractivity contribution in [2.45, 2.75) is 39.3 Å². The summed E-state index contributed by atoms with van der Waals surface area (Å²) in [6.45, 7) is 7.57. The smallest absolute Gasteiger partial charge is 0.340 e. The Morgan fingerprint density at radius 2 is 1.77 bits per heavy atom. The quantitative estimate of drug-likeness (QED) is 0.617. The van der Waals surface area contributed by atoms with Gasteiger partial charge in [0.2, 0.25) is 0 Å². The first kappa shape index (κ1) is 21.5. The van der Waals surface area contributed by atoms with Crippen LogP contribution in [0.25, 0.3) is 0 Å². The molecule has 2 aromatic carbocycles. The Morgan fingerprint density at radius 1 is 1.13 bits per heavy atom. The molecule has 158 valence electrons. The van der Waals surface area contributed by atoms with Crippen LogP contribution >= 0.6 is 0 Å². The molecule has 30 heavy (non-hydrogen) atoms. The van der Waals surface area contributed by atoms with Gasteiger partial charge in [-0.3, -0.25) is 9.59 Å². The van der Waals surface area contributed by atoms with Crippen LogP contribution in [0.5, 0.6) is 0 Å². The minimum absolute atomic E-state index is 0.00195. The van der Waals surface area contributed by atoms with Gasteiger partial charge in [-0.05, 0) is 42.7 Å². The number of hydrogen-bond donors (Lipinski definition) is 1. The number of nitrogens with one attached hydrogen (secondary N) is 1. The van der Waals surface area contributed by atoms with Crippen molar-refractivity contribution in [2.24, 2.45) is 5.41 Å². The first-order valence-electron chi connectivity index (χ1n) is 9.66. The average Bonchev–Trinajstić information content (AvgIpc) is 2.90. The molecule has 3 rings (SSSR count). The van der Waals surface area contributed by atoms with E-state index in [1.165, 1.54) is 36.2 Å². The SMILES string of the molecule is CC(NC(=O)C1(OC(=O)c2ccccc2)C(=O)N(C)c2ccc(F)cc21)C(C)(C)C. The minimum Gasteiger partial charge on any atom is -0.430 e. The summed E-state index contributed by atoms with van der Waals surface area (Å²) in [7, 11) is 1.46. The lowest BCUT2D eigenvalue weighted by molar-refractivity contribution is -0.153. The molecule has 1 aliphatic heterocycles. The molecule has 0 bridgehead atoms. The van der Waals surface area contributed by atoms with E-state index in [0.29, 0.717) is 5.69 Å². The van der Waals surface area contributed by atoms with E-state index in [9.17, 15) is 18.8 Å². The largest absolute Gasteiger partial charge is 0.430 e. The third kappa shape index (κ3) is 3.56. The second-order valence-corrected chi connectivity index (χ2v) is 8.52. The highest BCUT2D eigenvalue weighted by Crippen LogP contribution is 2.43. The number of anilines is 1. The molecule has 7 heteroatoms. The lowest BCUT2D eigenvalue weighted by atomic mass is 9.86. The molecule has 0 radical (unpaired) electrons. The number of esters is 1.